The Morgan fingerprint density at radius 3 is 1.86 bits per heavy atom. The number of nitro benzene ring substituents is 1. The van der Waals surface area contributed by atoms with E-state index in [0.29, 0.717) is 5.69 Å². The number of nitro groups is 1. The fourth-order valence-corrected chi connectivity index (χ4v) is 5.80. The number of non-ortho nitro benzene ring substituents is 1. The molecular weight excluding hydrogens is 544 g/mol. The van der Waals surface area contributed by atoms with Crippen molar-refractivity contribution >= 4 is 40.9 Å². The van der Waals surface area contributed by atoms with Crippen LogP contribution in [0.15, 0.2) is 84.9 Å². The average molecular weight is 567 g/mol. The van der Waals surface area contributed by atoms with E-state index in [1.807, 2.05) is 12.2 Å². The third kappa shape index (κ3) is 4.74. The van der Waals surface area contributed by atoms with Crippen molar-refractivity contribution < 1.29 is 38.4 Å². The van der Waals surface area contributed by atoms with Crippen LogP contribution < -0.4 is 9.64 Å². The van der Waals surface area contributed by atoms with Gasteiger partial charge >= 0.3 is 11.9 Å². The van der Waals surface area contributed by atoms with Gasteiger partial charge < -0.3 is 9.47 Å². The van der Waals surface area contributed by atoms with Gasteiger partial charge in [0.2, 0.25) is 11.8 Å². The number of ketones is 1. The molecule has 6 rings (SSSR count). The van der Waals surface area contributed by atoms with Crippen molar-refractivity contribution in [3.63, 3.8) is 0 Å². The van der Waals surface area contributed by atoms with Crippen LogP contribution in [0.1, 0.15) is 37.5 Å². The standard InChI is InChI=1S/C31H22N2O9/c34-25(17-7-13-24(14-8-17)42-31(38)19-5-11-23(12-6-19)33(39)40)16-41-30(37)18-3-9-22(10-4-18)32-28(35)26-20-1-2-21(15-20)27(26)29(32)36/h1-14,20-21,26-27H,15-16H2/t20-,21-,26+,27+/m0/s1. The molecule has 2 aliphatic carbocycles. The number of allylic oxidation sites excluding steroid dienone is 2. The third-order valence-electron chi connectivity index (χ3n) is 7.87. The van der Waals surface area contributed by atoms with Gasteiger partial charge in [-0.05, 0) is 78.9 Å². The van der Waals surface area contributed by atoms with E-state index in [2.05, 4.69) is 0 Å². The van der Waals surface area contributed by atoms with E-state index in [0.717, 1.165) is 6.42 Å². The summed E-state index contributed by atoms with van der Waals surface area (Å²) in [5, 5.41) is 10.8. The van der Waals surface area contributed by atoms with Crippen LogP contribution in [0.2, 0.25) is 0 Å². The highest BCUT2D eigenvalue weighted by Crippen LogP contribution is 2.53. The maximum Gasteiger partial charge on any atom is 0.343 e. The predicted molar refractivity (Wildman–Crippen MR) is 146 cm³/mol. The number of hydrogen-bond acceptors (Lipinski definition) is 9. The second-order valence-electron chi connectivity index (χ2n) is 10.3. The minimum atomic E-state index is -0.748. The largest absolute Gasteiger partial charge is 0.454 e. The molecule has 3 aromatic carbocycles. The summed E-state index contributed by atoms with van der Waals surface area (Å²) in [4.78, 5) is 74.7. The highest BCUT2D eigenvalue weighted by atomic mass is 16.6. The normalized spacial score (nSPS) is 21.8. The maximum atomic E-state index is 13.0. The molecule has 1 saturated carbocycles. The van der Waals surface area contributed by atoms with Crippen molar-refractivity contribution in [2.75, 3.05) is 11.5 Å². The first-order valence-electron chi connectivity index (χ1n) is 13.1. The highest BCUT2D eigenvalue weighted by molar-refractivity contribution is 6.22. The van der Waals surface area contributed by atoms with Gasteiger partial charge in [-0.15, -0.1) is 0 Å². The Bertz CT molecular complexity index is 1630. The van der Waals surface area contributed by atoms with Crippen LogP contribution in [-0.4, -0.2) is 41.1 Å². The van der Waals surface area contributed by atoms with Crippen LogP contribution >= 0.6 is 0 Å². The van der Waals surface area contributed by atoms with Crippen molar-refractivity contribution in [3.8, 4) is 5.75 Å². The van der Waals surface area contributed by atoms with Gasteiger partial charge in [-0.1, -0.05) is 12.2 Å². The average Bonchev–Trinajstić information content (AvgIpc) is 3.69. The van der Waals surface area contributed by atoms with Crippen molar-refractivity contribution in [3.05, 3.63) is 112 Å². The number of rotatable bonds is 8. The van der Waals surface area contributed by atoms with E-state index in [9.17, 15) is 34.1 Å². The number of nitrogens with zero attached hydrogens (tertiary/aromatic N) is 2. The molecule has 0 spiro atoms. The van der Waals surface area contributed by atoms with Crippen LogP contribution in [0.3, 0.4) is 0 Å². The lowest BCUT2D eigenvalue weighted by atomic mass is 9.85. The third-order valence-corrected chi connectivity index (χ3v) is 7.87. The number of carbonyl (C=O) groups excluding carboxylic acids is 5. The van der Waals surface area contributed by atoms with E-state index in [1.54, 1.807) is 0 Å². The zero-order chi connectivity index (χ0) is 29.5. The molecule has 42 heavy (non-hydrogen) atoms. The summed E-state index contributed by atoms with van der Waals surface area (Å²) in [7, 11) is 0. The first-order chi connectivity index (χ1) is 20.2. The minimum Gasteiger partial charge on any atom is -0.454 e. The van der Waals surface area contributed by atoms with Crippen molar-refractivity contribution in [2.24, 2.45) is 23.7 Å². The number of amides is 2. The molecule has 1 heterocycles. The quantitative estimate of drug-likeness (QED) is 0.0744. The molecular formula is C31H22N2O9. The fourth-order valence-electron chi connectivity index (χ4n) is 5.80. The molecule has 2 amide bonds. The molecule has 1 saturated heterocycles. The monoisotopic (exact) mass is 566 g/mol. The number of hydrogen-bond donors (Lipinski definition) is 0. The molecule has 3 aliphatic rings. The summed E-state index contributed by atoms with van der Waals surface area (Å²) in [6.45, 7) is -0.537. The molecule has 210 valence electrons. The van der Waals surface area contributed by atoms with Gasteiger partial charge in [-0.25, -0.2) is 9.59 Å². The van der Waals surface area contributed by atoms with Crippen molar-refractivity contribution in [1.29, 1.82) is 0 Å². The van der Waals surface area contributed by atoms with E-state index in [-0.39, 0.29) is 63.6 Å². The predicted octanol–water partition coefficient (Wildman–Crippen LogP) is 4.17. The highest BCUT2D eigenvalue weighted by Gasteiger charge is 2.59. The number of carbonyl (C=O) groups is 5. The molecule has 2 bridgehead atoms. The molecule has 1 aliphatic heterocycles. The number of Topliss-reactive ketones (excluding diaryl/α,β-unsaturated/α-hetero) is 1. The molecule has 11 nitrogen and oxygen atoms in total. The SMILES string of the molecule is O=C(COC(=O)c1ccc(N2C(=O)[C@H]3[C@H](C2=O)[C@H]2C=C[C@H]3C2)cc1)c1ccc(OC(=O)c2ccc([N+](=O)[O-])cc2)cc1. The Morgan fingerprint density at radius 2 is 1.29 bits per heavy atom. The molecule has 0 N–H and O–H groups in total. The molecule has 11 heteroatoms. The minimum absolute atomic E-state index is 0.0990. The number of anilines is 1. The summed E-state index contributed by atoms with van der Waals surface area (Å²) < 4.78 is 10.4. The smallest absolute Gasteiger partial charge is 0.343 e. The lowest BCUT2D eigenvalue weighted by Crippen LogP contribution is -2.32. The van der Waals surface area contributed by atoms with Crippen LogP contribution in [0.4, 0.5) is 11.4 Å². The molecule has 3 aromatic rings. The number of ether oxygens (including phenoxy) is 2. The Kier molecular flexibility index (Phi) is 6.69. The topological polar surface area (TPSA) is 150 Å². The van der Waals surface area contributed by atoms with E-state index < -0.39 is 29.3 Å². The van der Waals surface area contributed by atoms with Crippen LogP contribution in [0, 0.1) is 33.8 Å². The Hall–Kier alpha value is -5.45. The first kappa shape index (κ1) is 26.8. The van der Waals surface area contributed by atoms with E-state index in [4.69, 9.17) is 9.47 Å². The fraction of sp³-hybridized carbons (Fsp3) is 0.194. The van der Waals surface area contributed by atoms with Crippen molar-refractivity contribution in [1.82, 2.24) is 0 Å². The second-order valence-corrected chi connectivity index (χ2v) is 10.3. The summed E-state index contributed by atoms with van der Waals surface area (Å²) in [5.74, 6) is -2.69. The summed E-state index contributed by atoms with van der Waals surface area (Å²) >= 11 is 0. The number of benzene rings is 3. The van der Waals surface area contributed by atoms with Gasteiger partial charge in [0.25, 0.3) is 5.69 Å². The van der Waals surface area contributed by atoms with E-state index >= 15 is 0 Å². The maximum absolute atomic E-state index is 13.0. The number of esters is 2. The van der Waals surface area contributed by atoms with Gasteiger partial charge in [-0.3, -0.25) is 29.4 Å². The lowest BCUT2D eigenvalue weighted by Gasteiger charge is -2.17. The molecule has 4 atom stereocenters. The molecule has 0 radical (unpaired) electrons. The molecule has 0 unspecified atom stereocenters. The van der Waals surface area contributed by atoms with Crippen molar-refractivity contribution in [2.45, 2.75) is 6.42 Å². The Morgan fingerprint density at radius 1 is 0.762 bits per heavy atom. The lowest BCUT2D eigenvalue weighted by molar-refractivity contribution is -0.384. The first-order valence-corrected chi connectivity index (χ1v) is 13.1. The summed E-state index contributed by atoms with van der Waals surface area (Å²) in [5.41, 5.74) is 0.717. The number of fused-ring (bicyclic) bond motifs is 5. The van der Waals surface area contributed by atoms with Crippen LogP contribution in [0.5, 0.6) is 5.75 Å². The Labute approximate surface area is 238 Å². The van der Waals surface area contributed by atoms with Gasteiger partial charge in [0, 0.05) is 17.7 Å². The van der Waals surface area contributed by atoms with Crippen LogP contribution in [-0.2, 0) is 14.3 Å². The Balaban J connectivity index is 1.02. The molecule has 0 aromatic heterocycles. The summed E-state index contributed by atoms with van der Waals surface area (Å²) in [6.07, 6.45) is 4.88. The van der Waals surface area contributed by atoms with Gasteiger partial charge in [0.1, 0.15) is 5.75 Å². The van der Waals surface area contributed by atoms with E-state index in [1.165, 1.54) is 77.7 Å². The molecule has 2 fully saturated rings. The zero-order valence-electron chi connectivity index (χ0n) is 21.9. The van der Waals surface area contributed by atoms with Crippen LogP contribution in [0.25, 0.3) is 0 Å². The van der Waals surface area contributed by atoms with Gasteiger partial charge in [0.05, 0.1) is 33.6 Å². The summed E-state index contributed by atoms with van der Waals surface area (Å²) in [6, 6.07) is 16.4. The van der Waals surface area contributed by atoms with Gasteiger partial charge in [0.15, 0.2) is 12.4 Å². The number of imide groups is 1. The zero-order valence-corrected chi connectivity index (χ0v) is 21.9. The van der Waals surface area contributed by atoms with Gasteiger partial charge in [-0.2, -0.15) is 0 Å². The second kappa shape index (κ2) is 10.5.